The van der Waals surface area contributed by atoms with Crippen LogP contribution in [0, 0.1) is 5.41 Å². The second kappa shape index (κ2) is 5.49. The molecule has 0 radical (unpaired) electrons. The van der Waals surface area contributed by atoms with Gasteiger partial charge in [-0.3, -0.25) is 9.59 Å². The maximum absolute atomic E-state index is 12.7. The van der Waals surface area contributed by atoms with Crippen molar-refractivity contribution in [2.24, 2.45) is 5.41 Å². The molecule has 1 amide bonds. The first-order valence-electron chi connectivity index (χ1n) is 7.05. The summed E-state index contributed by atoms with van der Waals surface area (Å²) in [5.41, 5.74) is -0.889. The maximum atomic E-state index is 12.7. The van der Waals surface area contributed by atoms with Crippen molar-refractivity contribution in [3.05, 3.63) is 0 Å². The van der Waals surface area contributed by atoms with Crippen LogP contribution in [0.3, 0.4) is 0 Å². The van der Waals surface area contributed by atoms with Gasteiger partial charge in [-0.05, 0) is 39.3 Å². The molecule has 0 N–H and O–H groups in total. The third-order valence-corrected chi connectivity index (χ3v) is 4.66. The van der Waals surface area contributed by atoms with E-state index in [0.717, 1.165) is 32.4 Å². The molecule has 0 bridgehead atoms. The minimum Gasteiger partial charge on any atom is -0.468 e. The highest BCUT2D eigenvalue weighted by molar-refractivity contribution is 6.03. The minimum absolute atomic E-state index is 0.0501. The van der Waals surface area contributed by atoms with Crippen LogP contribution in [0.4, 0.5) is 0 Å². The van der Waals surface area contributed by atoms with Crippen LogP contribution >= 0.6 is 0 Å². The van der Waals surface area contributed by atoms with Crippen molar-refractivity contribution in [2.75, 3.05) is 34.3 Å². The number of carbonyl (C=O) groups excluding carboxylic acids is 2. The van der Waals surface area contributed by atoms with E-state index >= 15 is 0 Å². The van der Waals surface area contributed by atoms with Gasteiger partial charge in [-0.15, -0.1) is 0 Å². The number of hydrogen-bond acceptors (Lipinski definition) is 4. The van der Waals surface area contributed by atoms with Crippen LogP contribution in [-0.2, 0) is 14.3 Å². The summed E-state index contributed by atoms with van der Waals surface area (Å²) in [6, 6.07) is 0.216. The molecule has 0 aromatic heterocycles. The lowest BCUT2D eigenvalue weighted by molar-refractivity contribution is -0.170. The Labute approximate surface area is 114 Å². The number of likely N-dealkylation sites (tertiary alicyclic amines) is 1. The van der Waals surface area contributed by atoms with Gasteiger partial charge in [-0.1, -0.05) is 6.42 Å². The van der Waals surface area contributed by atoms with E-state index in [9.17, 15) is 9.59 Å². The first-order chi connectivity index (χ1) is 9.01. The molecule has 2 fully saturated rings. The van der Waals surface area contributed by atoms with Crippen molar-refractivity contribution in [1.29, 1.82) is 0 Å². The summed E-state index contributed by atoms with van der Waals surface area (Å²) in [6.07, 6.45) is 4.31. The first kappa shape index (κ1) is 14.3. The third kappa shape index (κ3) is 2.48. The number of hydrogen-bond donors (Lipinski definition) is 0. The lowest BCUT2D eigenvalue weighted by Crippen LogP contribution is -2.56. The van der Waals surface area contributed by atoms with Crippen molar-refractivity contribution in [2.45, 2.75) is 38.1 Å². The standard InChI is InChI=1S/C14H24N2O3/c1-15-9-4-6-11(10-15)16(2)12(17)14(7-5-8-14)13(18)19-3/h11H,4-10H2,1-3H3. The van der Waals surface area contributed by atoms with Crippen LogP contribution in [-0.4, -0.2) is 62.0 Å². The highest BCUT2D eigenvalue weighted by Crippen LogP contribution is 2.44. The van der Waals surface area contributed by atoms with Crippen LogP contribution in [0.25, 0.3) is 0 Å². The molecule has 1 aliphatic carbocycles. The predicted molar refractivity (Wildman–Crippen MR) is 71.6 cm³/mol. The lowest BCUT2D eigenvalue weighted by atomic mass is 9.67. The zero-order chi connectivity index (χ0) is 14.0. The molecule has 1 unspecified atom stereocenters. The van der Waals surface area contributed by atoms with Gasteiger partial charge in [-0.2, -0.15) is 0 Å². The summed E-state index contributed by atoms with van der Waals surface area (Å²) in [4.78, 5) is 28.6. The Morgan fingerprint density at radius 1 is 1.32 bits per heavy atom. The average Bonchev–Trinajstić information content (AvgIpc) is 2.36. The molecular formula is C14H24N2O3. The van der Waals surface area contributed by atoms with Gasteiger partial charge in [0, 0.05) is 19.6 Å². The number of rotatable bonds is 3. The summed E-state index contributed by atoms with van der Waals surface area (Å²) >= 11 is 0. The van der Waals surface area contributed by atoms with Gasteiger partial charge in [0.15, 0.2) is 0 Å². The van der Waals surface area contributed by atoms with Gasteiger partial charge in [-0.25, -0.2) is 0 Å². The quantitative estimate of drug-likeness (QED) is 0.563. The van der Waals surface area contributed by atoms with E-state index in [1.165, 1.54) is 7.11 Å². The Kier molecular flexibility index (Phi) is 4.13. The number of esters is 1. The van der Waals surface area contributed by atoms with E-state index < -0.39 is 5.41 Å². The Balaban J connectivity index is 2.07. The molecule has 1 heterocycles. The lowest BCUT2D eigenvalue weighted by Gasteiger charge is -2.43. The van der Waals surface area contributed by atoms with Crippen LogP contribution in [0.2, 0.25) is 0 Å². The van der Waals surface area contributed by atoms with Gasteiger partial charge < -0.3 is 14.5 Å². The molecule has 2 aliphatic rings. The smallest absolute Gasteiger partial charge is 0.321 e. The number of ether oxygens (including phenoxy) is 1. The number of piperidine rings is 1. The molecule has 2 rings (SSSR count). The minimum atomic E-state index is -0.889. The molecular weight excluding hydrogens is 244 g/mol. The third-order valence-electron chi connectivity index (χ3n) is 4.66. The van der Waals surface area contributed by atoms with E-state index in [4.69, 9.17) is 4.74 Å². The SMILES string of the molecule is COC(=O)C1(C(=O)N(C)C2CCCN(C)C2)CCC1. The summed E-state index contributed by atoms with van der Waals surface area (Å²) < 4.78 is 4.84. The van der Waals surface area contributed by atoms with E-state index in [1.807, 2.05) is 7.05 Å². The van der Waals surface area contributed by atoms with Gasteiger partial charge in [0.05, 0.1) is 7.11 Å². The monoisotopic (exact) mass is 268 g/mol. The van der Waals surface area contributed by atoms with Gasteiger partial charge in [0.25, 0.3) is 0 Å². The molecule has 1 aliphatic heterocycles. The normalized spacial score (nSPS) is 26.4. The summed E-state index contributed by atoms with van der Waals surface area (Å²) in [5.74, 6) is -0.411. The number of likely N-dealkylation sites (N-methyl/N-ethyl adjacent to an activating group) is 2. The van der Waals surface area contributed by atoms with E-state index in [1.54, 1.807) is 4.90 Å². The Morgan fingerprint density at radius 2 is 2.00 bits per heavy atom. The highest BCUT2D eigenvalue weighted by atomic mass is 16.5. The average molecular weight is 268 g/mol. The fraction of sp³-hybridized carbons (Fsp3) is 0.857. The second-order valence-electron chi connectivity index (χ2n) is 5.90. The molecule has 5 heteroatoms. The molecule has 1 saturated carbocycles. The molecule has 0 aromatic rings. The molecule has 108 valence electrons. The largest absolute Gasteiger partial charge is 0.468 e. The molecule has 5 nitrogen and oxygen atoms in total. The fourth-order valence-corrected chi connectivity index (χ4v) is 3.19. The second-order valence-corrected chi connectivity index (χ2v) is 5.90. The summed E-state index contributed by atoms with van der Waals surface area (Å²) in [7, 11) is 5.27. The van der Waals surface area contributed by atoms with Crippen molar-refractivity contribution in [3.8, 4) is 0 Å². The van der Waals surface area contributed by atoms with Crippen molar-refractivity contribution >= 4 is 11.9 Å². The van der Waals surface area contributed by atoms with Crippen LogP contribution in [0.15, 0.2) is 0 Å². The maximum Gasteiger partial charge on any atom is 0.321 e. The van der Waals surface area contributed by atoms with Crippen LogP contribution in [0.5, 0.6) is 0 Å². The highest BCUT2D eigenvalue weighted by Gasteiger charge is 2.53. The topological polar surface area (TPSA) is 49.9 Å². The predicted octanol–water partition coefficient (Wildman–Crippen LogP) is 0.882. The Morgan fingerprint density at radius 3 is 2.47 bits per heavy atom. The zero-order valence-corrected chi connectivity index (χ0v) is 12.1. The van der Waals surface area contributed by atoms with Gasteiger partial charge >= 0.3 is 5.97 Å². The molecule has 1 atom stereocenters. The fourth-order valence-electron chi connectivity index (χ4n) is 3.19. The first-order valence-corrected chi connectivity index (χ1v) is 7.05. The van der Waals surface area contributed by atoms with E-state index in [-0.39, 0.29) is 17.9 Å². The molecule has 0 spiro atoms. The van der Waals surface area contributed by atoms with Crippen LogP contribution in [0.1, 0.15) is 32.1 Å². The number of carbonyl (C=O) groups is 2. The van der Waals surface area contributed by atoms with Gasteiger partial charge in [0.1, 0.15) is 5.41 Å². The number of nitrogens with zero attached hydrogens (tertiary/aromatic N) is 2. The summed E-state index contributed by atoms with van der Waals surface area (Å²) in [6.45, 7) is 1.97. The Bertz CT molecular complexity index is 366. The van der Waals surface area contributed by atoms with E-state index in [2.05, 4.69) is 11.9 Å². The molecule has 1 saturated heterocycles. The van der Waals surface area contributed by atoms with Crippen molar-refractivity contribution < 1.29 is 14.3 Å². The van der Waals surface area contributed by atoms with E-state index in [0.29, 0.717) is 12.8 Å². The van der Waals surface area contributed by atoms with Gasteiger partial charge in [0.2, 0.25) is 5.91 Å². The molecule has 0 aromatic carbocycles. The number of methoxy groups -OCH3 is 1. The Hall–Kier alpha value is -1.10. The number of amides is 1. The molecule has 19 heavy (non-hydrogen) atoms. The van der Waals surface area contributed by atoms with Crippen molar-refractivity contribution in [1.82, 2.24) is 9.80 Å². The summed E-state index contributed by atoms with van der Waals surface area (Å²) in [5, 5.41) is 0. The zero-order valence-electron chi connectivity index (χ0n) is 12.1. The van der Waals surface area contributed by atoms with Crippen LogP contribution < -0.4 is 0 Å². The van der Waals surface area contributed by atoms with Crippen molar-refractivity contribution in [3.63, 3.8) is 0 Å².